The predicted octanol–water partition coefficient (Wildman–Crippen LogP) is 1.80. The minimum atomic E-state index is -1.06. The van der Waals surface area contributed by atoms with Crippen LogP contribution < -0.4 is 5.48 Å². The maximum absolute atomic E-state index is 10.7. The van der Waals surface area contributed by atoms with Crippen molar-refractivity contribution in [1.82, 2.24) is 0 Å². The molecule has 1 rings (SSSR count). The van der Waals surface area contributed by atoms with Crippen LogP contribution in [0, 0.1) is 13.8 Å². The van der Waals surface area contributed by atoms with Crippen LogP contribution >= 0.6 is 0 Å². The lowest BCUT2D eigenvalue weighted by molar-refractivity contribution is 0.0697. The number of aromatic carboxylic acids is 1. The molecule has 1 aromatic rings. The molecule has 0 amide bonds. The molecular weight excluding hydrogens is 170 g/mol. The molecule has 0 saturated carbocycles. The molecule has 0 heterocycles. The Kier molecular flexibility index (Phi) is 2.53. The molecule has 3 N–H and O–H groups in total. The fourth-order valence-electron chi connectivity index (χ4n) is 1.14. The third-order valence-corrected chi connectivity index (χ3v) is 2.08. The Labute approximate surface area is 75.8 Å². The lowest BCUT2D eigenvalue weighted by atomic mass is 10.0. The molecule has 0 atom stereocenters. The van der Waals surface area contributed by atoms with Gasteiger partial charge in [0.25, 0.3) is 0 Å². The van der Waals surface area contributed by atoms with E-state index in [2.05, 4.69) is 0 Å². The van der Waals surface area contributed by atoms with Crippen molar-refractivity contribution in [3.8, 4) is 0 Å². The molecule has 1 aromatic carbocycles. The van der Waals surface area contributed by atoms with E-state index in [9.17, 15) is 4.79 Å². The maximum atomic E-state index is 10.7. The summed E-state index contributed by atoms with van der Waals surface area (Å²) in [5.74, 6) is -1.06. The van der Waals surface area contributed by atoms with Crippen LogP contribution in [0.4, 0.5) is 5.69 Å². The molecule has 0 radical (unpaired) electrons. The average Bonchev–Trinajstić information content (AvgIpc) is 2.09. The summed E-state index contributed by atoms with van der Waals surface area (Å²) in [6.45, 7) is 3.60. The van der Waals surface area contributed by atoms with Crippen molar-refractivity contribution in [3.63, 3.8) is 0 Å². The third kappa shape index (κ3) is 1.62. The van der Waals surface area contributed by atoms with E-state index in [0.717, 1.165) is 11.1 Å². The number of carboxylic acid groups (broad SMARTS) is 1. The molecule has 4 heteroatoms. The van der Waals surface area contributed by atoms with Crippen molar-refractivity contribution in [3.05, 3.63) is 28.8 Å². The summed E-state index contributed by atoms with van der Waals surface area (Å²) in [6.07, 6.45) is 0. The van der Waals surface area contributed by atoms with Gasteiger partial charge < -0.3 is 5.11 Å². The summed E-state index contributed by atoms with van der Waals surface area (Å²) < 4.78 is 0. The first-order valence-corrected chi connectivity index (χ1v) is 3.81. The van der Waals surface area contributed by atoms with Crippen molar-refractivity contribution in [2.24, 2.45) is 0 Å². The fourth-order valence-corrected chi connectivity index (χ4v) is 1.14. The van der Waals surface area contributed by atoms with Crippen molar-refractivity contribution < 1.29 is 15.1 Å². The van der Waals surface area contributed by atoms with Crippen LogP contribution in [-0.4, -0.2) is 16.3 Å². The number of nitrogens with one attached hydrogen (secondary N) is 1. The summed E-state index contributed by atoms with van der Waals surface area (Å²) >= 11 is 0. The Balaban J connectivity index is 3.38. The second-order valence-corrected chi connectivity index (χ2v) is 2.85. The quantitative estimate of drug-likeness (QED) is 0.608. The van der Waals surface area contributed by atoms with Gasteiger partial charge in [-0.3, -0.25) is 10.7 Å². The Morgan fingerprint density at radius 2 is 2.00 bits per heavy atom. The molecule has 0 aromatic heterocycles. The zero-order valence-electron chi connectivity index (χ0n) is 7.46. The van der Waals surface area contributed by atoms with Crippen LogP contribution in [0.2, 0.25) is 0 Å². The van der Waals surface area contributed by atoms with E-state index >= 15 is 0 Å². The van der Waals surface area contributed by atoms with Crippen LogP contribution in [0.5, 0.6) is 0 Å². The first-order valence-electron chi connectivity index (χ1n) is 3.81. The van der Waals surface area contributed by atoms with Gasteiger partial charge in [-0.1, -0.05) is 6.07 Å². The second-order valence-electron chi connectivity index (χ2n) is 2.85. The van der Waals surface area contributed by atoms with Gasteiger partial charge in [-0.05, 0) is 31.0 Å². The summed E-state index contributed by atoms with van der Waals surface area (Å²) in [7, 11) is 0. The van der Waals surface area contributed by atoms with Gasteiger partial charge in [0.15, 0.2) is 0 Å². The van der Waals surface area contributed by atoms with Gasteiger partial charge in [0.05, 0.1) is 11.3 Å². The highest BCUT2D eigenvalue weighted by Gasteiger charge is 2.12. The highest BCUT2D eigenvalue weighted by atomic mass is 16.5. The van der Waals surface area contributed by atoms with Gasteiger partial charge in [0.2, 0.25) is 0 Å². The molecule has 0 fully saturated rings. The standard InChI is InChI=1S/C9H11NO3/c1-5-3-4-7(9(11)12)8(10-13)6(5)2/h3-4,10,13H,1-2H3,(H,11,12). The smallest absolute Gasteiger partial charge is 0.337 e. The largest absolute Gasteiger partial charge is 0.478 e. The second kappa shape index (κ2) is 3.45. The Hall–Kier alpha value is -1.55. The van der Waals surface area contributed by atoms with E-state index in [1.807, 2.05) is 12.4 Å². The SMILES string of the molecule is Cc1ccc(C(=O)O)c(NO)c1C. The lowest BCUT2D eigenvalue weighted by Gasteiger charge is -2.09. The van der Waals surface area contributed by atoms with E-state index in [-0.39, 0.29) is 11.3 Å². The van der Waals surface area contributed by atoms with E-state index in [4.69, 9.17) is 10.3 Å². The Bertz CT molecular complexity index is 347. The van der Waals surface area contributed by atoms with E-state index < -0.39 is 5.97 Å². The summed E-state index contributed by atoms with van der Waals surface area (Å²) in [5, 5.41) is 17.5. The number of rotatable bonds is 2. The number of hydrogen-bond donors (Lipinski definition) is 3. The molecule has 0 unspecified atom stereocenters. The fraction of sp³-hybridized carbons (Fsp3) is 0.222. The molecule has 13 heavy (non-hydrogen) atoms. The zero-order chi connectivity index (χ0) is 10.0. The van der Waals surface area contributed by atoms with Crippen molar-refractivity contribution in [2.45, 2.75) is 13.8 Å². The third-order valence-electron chi connectivity index (χ3n) is 2.08. The predicted molar refractivity (Wildman–Crippen MR) is 48.3 cm³/mol. The summed E-state index contributed by atoms with van der Waals surface area (Å²) in [6, 6.07) is 3.17. The first kappa shape index (κ1) is 9.54. The van der Waals surface area contributed by atoms with Crippen LogP contribution in [0.3, 0.4) is 0 Å². The van der Waals surface area contributed by atoms with Crippen LogP contribution in [0.15, 0.2) is 12.1 Å². The average molecular weight is 181 g/mol. The zero-order valence-corrected chi connectivity index (χ0v) is 7.46. The van der Waals surface area contributed by atoms with E-state index in [1.165, 1.54) is 6.07 Å². The van der Waals surface area contributed by atoms with Gasteiger partial charge in [0.1, 0.15) is 0 Å². The molecule has 0 spiro atoms. The van der Waals surface area contributed by atoms with E-state index in [0.29, 0.717) is 0 Å². The van der Waals surface area contributed by atoms with Gasteiger partial charge >= 0.3 is 5.97 Å². The van der Waals surface area contributed by atoms with Crippen molar-refractivity contribution >= 4 is 11.7 Å². The van der Waals surface area contributed by atoms with Crippen LogP contribution in [0.25, 0.3) is 0 Å². The number of hydrogen-bond acceptors (Lipinski definition) is 3. The van der Waals surface area contributed by atoms with Gasteiger partial charge in [0, 0.05) is 0 Å². The molecule has 70 valence electrons. The molecule has 0 aliphatic rings. The van der Waals surface area contributed by atoms with Crippen molar-refractivity contribution in [2.75, 3.05) is 5.48 Å². The summed E-state index contributed by atoms with van der Waals surface area (Å²) in [4.78, 5) is 10.7. The Morgan fingerprint density at radius 1 is 1.38 bits per heavy atom. The minimum absolute atomic E-state index is 0.0746. The molecule has 0 bridgehead atoms. The first-order chi connectivity index (χ1) is 6.07. The lowest BCUT2D eigenvalue weighted by Crippen LogP contribution is -2.05. The topological polar surface area (TPSA) is 69.6 Å². The highest BCUT2D eigenvalue weighted by molar-refractivity contribution is 5.95. The van der Waals surface area contributed by atoms with Gasteiger partial charge in [-0.2, -0.15) is 0 Å². The molecule has 0 aliphatic heterocycles. The van der Waals surface area contributed by atoms with Gasteiger partial charge in [-0.15, -0.1) is 0 Å². The monoisotopic (exact) mass is 181 g/mol. The number of carbonyl (C=O) groups is 1. The minimum Gasteiger partial charge on any atom is -0.478 e. The number of benzene rings is 1. The maximum Gasteiger partial charge on any atom is 0.337 e. The molecular formula is C9H11NO3. The highest BCUT2D eigenvalue weighted by Crippen LogP contribution is 2.22. The number of carboxylic acids is 1. The summed E-state index contributed by atoms with van der Waals surface area (Å²) in [5.41, 5.74) is 3.91. The molecule has 0 aliphatic carbocycles. The van der Waals surface area contributed by atoms with E-state index in [1.54, 1.807) is 13.0 Å². The van der Waals surface area contributed by atoms with Gasteiger partial charge in [-0.25, -0.2) is 4.79 Å². The normalized spacial score (nSPS) is 9.77. The number of aryl methyl sites for hydroxylation is 1. The molecule has 4 nitrogen and oxygen atoms in total. The molecule has 0 saturated heterocycles. The Morgan fingerprint density at radius 3 is 2.46 bits per heavy atom. The van der Waals surface area contributed by atoms with Crippen LogP contribution in [-0.2, 0) is 0 Å². The number of anilines is 1. The van der Waals surface area contributed by atoms with Crippen LogP contribution in [0.1, 0.15) is 21.5 Å². The van der Waals surface area contributed by atoms with Crippen molar-refractivity contribution in [1.29, 1.82) is 0 Å².